The van der Waals surface area contributed by atoms with Gasteiger partial charge in [0.25, 0.3) is 5.91 Å². The topological polar surface area (TPSA) is 70.0 Å². The van der Waals surface area contributed by atoms with Gasteiger partial charge in [-0.3, -0.25) is 15.3 Å². The third-order valence-corrected chi connectivity index (χ3v) is 2.65. The number of amides is 2. The SMILES string of the molecule is [NH]C(=O)CCCCCCNC(=O)c1ccccc1. The van der Waals surface area contributed by atoms with Gasteiger partial charge in [-0.2, -0.15) is 0 Å². The van der Waals surface area contributed by atoms with Crippen molar-refractivity contribution >= 4 is 11.8 Å². The summed E-state index contributed by atoms with van der Waals surface area (Å²) in [6, 6.07) is 9.13. The molecule has 0 aliphatic heterocycles. The van der Waals surface area contributed by atoms with E-state index in [4.69, 9.17) is 5.73 Å². The lowest BCUT2D eigenvalue weighted by atomic mass is 10.1. The first kappa shape index (κ1) is 14.2. The Labute approximate surface area is 108 Å². The molecule has 2 N–H and O–H groups in total. The van der Waals surface area contributed by atoms with Gasteiger partial charge in [0, 0.05) is 18.5 Å². The summed E-state index contributed by atoms with van der Waals surface area (Å²) in [7, 11) is 0. The number of benzene rings is 1. The molecule has 97 valence electrons. The van der Waals surface area contributed by atoms with E-state index in [1.165, 1.54) is 0 Å². The minimum atomic E-state index is -0.493. The number of unbranched alkanes of at least 4 members (excludes halogenated alkanes) is 3. The fraction of sp³-hybridized carbons (Fsp3) is 0.429. The van der Waals surface area contributed by atoms with Crippen molar-refractivity contribution in [3.05, 3.63) is 35.9 Å². The fourth-order valence-corrected chi connectivity index (χ4v) is 1.66. The molecule has 0 saturated carbocycles. The zero-order valence-electron chi connectivity index (χ0n) is 10.4. The summed E-state index contributed by atoms with van der Waals surface area (Å²) in [4.78, 5) is 22.0. The number of hydrogen-bond acceptors (Lipinski definition) is 2. The molecule has 0 heterocycles. The number of nitrogens with one attached hydrogen (secondary N) is 2. The summed E-state index contributed by atoms with van der Waals surface area (Å²) in [5, 5.41) is 2.86. The van der Waals surface area contributed by atoms with Crippen LogP contribution in [0.15, 0.2) is 30.3 Å². The summed E-state index contributed by atoms with van der Waals surface area (Å²) in [5.74, 6) is -0.538. The van der Waals surface area contributed by atoms with Gasteiger partial charge in [-0.05, 0) is 25.0 Å². The van der Waals surface area contributed by atoms with Crippen molar-refractivity contribution in [3.8, 4) is 0 Å². The van der Waals surface area contributed by atoms with E-state index in [1.807, 2.05) is 18.2 Å². The highest BCUT2D eigenvalue weighted by molar-refractivity contribution is 5.94. The van der Waals surface area contributed by atoms with Gasteiger partial charge in [-0.15, -0.1) is 0 Å². The van der Waals surface area contributed by atoms with Crippen molar-refractivity contribution in [2.24, 2.45) is 0 Å². The molecule has 0 saturated heterocycles. The van der Waals surface area contributed by atoms with E-state index in [-0.39, 0.29) is 5.91 Å². The smallest absolute Gasteiger partial charge is 0.251 e. The average Bonchev–Trinajstić information content (AvgIpc) is 2.38. The molecule has 1 aromatic rings. The third kappa shape index (κ3) is 6.03. The molecule has 2 amide bonds. The second-order valence-corrected chi connectivity index (χ2v) is 4.21. The van der Waals surface area contributed by atoms with Gasteiger partial charge < -0.3 is 5.32 Å². The number of carbonyl (C=O) groups excluding carboxylic acids is 2. The van der Waals surface area contributed by atoms with Gasteiger partial charge in [0.2, 0.25) is 5.91 Å². The monoisotopic (exact) mass is 247 g/mol. The van der Waals surface area contributed by atoms with Gasteiger partial charge in [-0.25, -0.2) is 0 Å². The quantitative estimate of drug-likeness (QED) is 0.715. The van der Waals surface area contributed by atoms with Crippen LogP contribution < -0.4 is 11.1 Å². The van der Waals surface area contributed by atoms with Crippen molar-refractivity contribution < 1.29 is 9.59 Å². The van der Waals surface area contributed by atoms with Crippen LogP contribution in [0.3, 0.4) is 0 Å². The molecule has 0 aromatic heterocycles. The van der Waals surface area contributed by atoms with E-state index in [9.17, 15) is 9.59 Å². The third-order valence-electron chi connectivity index (χ3n) is 2.65. The molecule has 1 rings (SSSR count). The zero-order chi connectivity index (χ0) is 13.2. The second kappa shape index (κ2) is 8.28. The molecular formula is C14H19N2O2. The molecule has 18 heavy (non-hydrogen) atoms. The van der Waals surface area contributed by atoms with E-state index >= 15 is 0 Å². The largest absolute Gasteiger partial charge is 0.352 e. The Morgan fingerprint density at radius 3 is 2.33 bits per heavy atom. The summed E-state index contributed by atoms with van der Waals surface area (Å²) in [6.07, 6.45) is 3.93. The zero-order valence-corrected chi connectivity index (χ0v) is 10.4. The van der Waals surface area contributed by atoms with Crippen molar-refractivity contribution in [2.45, 2.75) is 32.1 Å². The van der Waals surface area contributed by atoms with Crippen LogP contribution in [0.1, 0.15) is 42.5 Å². The highest BCUT2D eigenvalue weighted by Crippen LogP contribution is 2.03. The van der Waals surface area contributed by atoms with Crippen molar-refractivity contribution in [3.63, 3.8) is 0 Å². The van der Waals surface area contributed by atoms with Crippen LogP contribution in [0.2, 0.25) is 0 Å². The lowest BCUT2D eigenvalue weighted by molar-refractivity contribution is -0.118. The van der Waals surface area contributed by atoms with E-state index < -0.39 is 5.91 Å². The van der Waals surface area contributed by atoms with Crippen LogP contribution in [0.4, 0.5) is 0 Å². The molecule has 4 nitrogen and oxygen atoms in total. The molecule has 1 radical (unpaired) electrons. The van der Waals surface area contributed by atoms with E-state index in [0.717, 1.165) is 25.7 Å². The molecular weight excluding hydrogens is 228 g/mol. The Bertz CT molecular complexity index is 377. The molecule has 0 atom stereocenters. The molecule has 0 fully saturated rings. The lowest BCUT2D eigenvalue weighted by Gasteiger charge is -2.04. The molecule has 0 spiro atoms. The molecule has 0 aliphatic carbocycles. The maximum absolute atomic E-state index is 11.6. The van der Waals surface area contributed by atoms with Crippen LogP contribution in [-0.2, 0) is 4.79 Å². The van der Waals surface area contributed by atoms with Gasteiger partial charge >= 0.3 is 0 Å². The summed E-state index contributed by atoms with van der Waals surface area (Å²) < 4.78 is 0. The molecule has 0 unspecified atom stereocenters. The molecule has 0 bridgehead atoms. The highest BCUT2D eigenvalue weighted by Gasteiger charge is 2.02. The van der Waals surface area contributed by atoms with Gasteiger partial charge in [0.05, 0.1) is 0 Å². The van der Waals surface area contributed by atoms with Crippen molar-refractivity contribution in [1.82, 2.24) is 11.1 Å². The first-order valence-corrected chi connectivity index (χ1v) is 6.28. The average molecular weight is 247 g/mol. The Balaban J connectivity index is 2.05. The van der Waals surface area contributed by atoms with Crippen LogP contribution in [0.5, 0.6) is 0 Å². The first-order chi connectivity index (χ1) is 8.70. The summed E-state index contributed by atoms with van der Waals surface area (Å²) >= 11 is 0. The Hall–Kier alpha value is -1.84. The van der Waals surface area contributed by atoms with Crippen LogP contribution in [0.25, 0.3) is 0 Å². The Morgan fingerprint density at radius 2 is 1.67 bits per heavy atom. The predicted octanol–water partition coefficient (Wildman–Crippen LogP) is 2.18. The summed E-state index contributed by atoms with van der Waals surface area (Å²) in [6.45, 7) is 0.655. The number of carbonyl (C=O) groups is 2. The molecule has 4 heteroatoms. The van der Waals surface area contributed by atoms with E-state index in [2.05, 4.69) is 5.32 Å². The highest BCUT2D eigenvalue weighted by atomic mass is 16.1. The standard InChI is InChI=1S/C14H19N2O2/c15-13(17)10-6-1-2-7-11-16-14(18)12-8-4-3-5-9-12/h3-5,8-9,15H,1-2,6-7,10-11H2,(H,16,18). The van der Waals surface area contributed by atoms with E-state index in [1.54, 1.807) is 12.1 Å². The number of hydrogen-bond donors (Lipinski definition) is 1. The second-order valence-electron chi connectivity index (χ2n) is 4.21. The predicted molar refractivity (Wildman–Crippen MR) is 70.0 cm³/mol. The van der Waals surface area contributed by atoms with Crippen LogP contribution >= 0.6 is 0 Å². The Kier molecular flexibility index (Phi) is 6.54. The minimum Gasteiger partial charge on any atom is -0.352 e. The van der Waals surface area contributed by atoms with Crippen molar-refractivity contribution in [1.29, 1.82) is 0 Å². The number of rotatable bonds is 8. The maximum Gasteiger partial charge on any atom is 0.251 e. The van der Waals surface area contributed by atoms with Gasteiger partial charge in [-0.1, -0.05) is 31.0 Å². The van der Waals surface area contributed by atoms with Crippen LogP contribution in [-0.4, -0.2) is 18.4 Å². The normalized spacial score (nSPS) is 10.0. The van der Waals surface area contributed by atoms with Crippen molar-refractivity contribution in [2.75, 3.05) is 6.54 Å². The van der Waals surface area contributed by atoms with Gasteiger partial charge in [0.15, 0.2) is 0 Å². The maximum atomic E-state index is 11.6. The Morgan fingerprint density at radius 1 is 1.00 bits per heavy atom. The fourth-order valence-electron chi connectivity index (χ4n) is 1.66. The van der Waals surface area contributed by atoms with Gasteiger partial charge in [0.1, 0.15) is 0 Å². The van der Waals surface area contributed by atoms with Crippen LogP contribution in [0, 0.1) is 0 Å². The minimum absolute atomic E-state index is 0.0445. The molecule has 1 aromatic carbocycles. The first-order valence-electron chi connectivity index (χ1n) is 6.28. The summed E-state index contributed by atoms with van der Waals surface area (Å²) in [5.41, 5.74) is 7.43. The lowest BCUT2D eigenvalue weighted by Crippen LogP contribution is -2.24. The molecule has 0 aliphatic rings. The van der Waals surface area contributed by atoms with E-state index in [0.29, 0.717) is 18.5 Å².